The summed E-state index contributed by atoms with van der Waals surface area (Å²) >= 11 is 1.64. The molecule has 0 radical (unpaired) electrons. The van der Waals surface area contributed by atoms with Gasteiger partial charge in [0.05, 0.1) is 12.2 Å². The van der Waals surface area contributed by atoms with Crippen molar-refractivity contribution in [3.8, 4) is 5.69 Å². The molecule has 1 N–H and O–H groups in total. The number of hydrogen-bond donors (Lipinski definition) is 1. The minimum absolute atomic E-state index is 0.738. The van der Waals surface area contributed by atoms with E-state index in [1.165, 1.54) is 0 Å². The van der Waals surface area contributed by atoms with Crippen LogP contribution >= 0.6 is 11.3 Å². The quantitative estimate of drug-likeness (QED) is 0.772. The number of benzene rings is 1. The number of rotatable bonds is 4. The zero-order valence-electron chi connectivity index (χ0n) is 9.39. The van der Waals surface area contributed by atoms with E-state index in [2.05, 4.69) is 25.8 Å². The average molecular weight is 258 g/mol. The van der Waals surface area contributed by atoms with Crippen LogP contribution in [0.2, 0.25) is 0 Å². The molecule has 1 aromatic carbocycles. The molecule has 0 aliphatic carbocycles. The highest BCUT2D eigenvalue weighted by Crippen LogP contribution is 2.13. The Hall–Kier alpha value is -2.28. The van der Waals surface area contributed by atoms with Crippen LogP contribution in [0.4, 0.5) is 5.69 Å². The molecule has 7 heteroatoms. The molecule has 2 aromatic heterocycles. The summed E-state index contributed by atoms with van der Waals surface area (Å²) in [4.78, 5) is 4.21. The van der Waals surface area contributed by atoms with E-state index in [1.54, 1.807) is 22.3 Å². The van der Waals surface area contributed by atoms with Crippen molar-refractivity contribution in [2.75, 3.05) is 5.32 Å². The number of aromatic nitrogens is 5. The summed E-state index contributed by atoms with van der Waals surface area (Å²) in [6.45, 7) is 0.738. The molecular formula is C11H10N6S. The van der Waals surface area contributed by atoms with Gasteiger partial charge in [0.2, 0.25) is 0 Å². The predicted octanol–water partition coefficient (Wildman–Crippen LogP) is 1.73. The number of tetrazole rings is 1. The van der Waals surface area contributed by atoms with Crippen molar-refractivity contribution in [1.82, 2.24) is 25.2 Å². The molecule has 3 aromatic rings. The second kappa shape index (κ2) is 4.92. The van der Waals surface area contributed by atoms with Crippen molar-refractivity contribution in [3.05, 3.63) is 47.2 Å². The largest absolute Gasteiger partial charge is 0.379 e. The Morgan fingerprint density at radius 3 is 2.78 bits per heavy atom. The topological polar surface area (TPSA) is 68.5 Å². The van der Waals surface area contributed by atoms with Gasteiger partial charge in [-0.25, -0.2) is 9.67 Å². The van der Waals surface area contributed by atoms with Crippen LogP contribution in [0.5, 0.6) is 0 Å². The molecule has 6 nitrogen and oxygen atoms in total. The number of anilines is 1. The maximum Gasteiger partial charge on any atom is 0.143 e. The third-order valence-corrected chi connectivity index (χ3v) is 3.19. The zero-order valence-corrected chi connectivity index (χ0v) is 10.2. The number of nitrogens with one attached hydrogen (secondary N) is 1. The molecule has 0 atom stereocenters. The van der Waals surface area contributed by atoms with Gasteiger partial charge in [0.25, 0.3) is 0 Å². The van der Waals surface area contributed by atoms with Crippen LogP contribution in [0.3, 0.4) is 0 Å². The van der Waals surface area contributed by atoms with Crippen molar-refractivity contribution < 1.29 is 0 Å². The van der Waals surface area contributed by atoms with Crippen LogP contribution in [0, 0.1) is 0 Å². The first-order valence-electron chi connectivity index (χ1n) is 5.37. The molecule has 90 valence electrons. The van der Waals surface area contributed by atoms with E-state index < -0.39 is 0 Å². The summed E-state index contributed by atoms with van der Waals surface area (Å²) in [5.41, 5.74) is 1.97. The third-order valence-electron chi connectivity index (χ3n) is 2.41. The van der Waals surface area contributed by atoms with Crippen LogP contribution in [0.15, 0.2) is 42.2 Å². The fourth-order valence-corrected chi connectivity index (χ4v) is 2.09. The predicted molar refractivity (Wildman–Crippen MR) is 68.6 cm³/mol. The van der Waals surface area contributed by atoms with Gasteiger partial charge in [0.15, 0.2) is 0 Å². The van der Waals surface area contributed by atoms with Gasteiger partial charge < -0.3 is 5.32 Å². The number of thiazole rings is 1. The first-order valence-corrected chi connectivity index (χ1v) is 6.25. The lowest BCUT2D eigenvalue weighted by Gasteiger charge is -2.05. The van der Waals surface area contributed by atoms with Crippen molar-refractivity contribution in [1.29, 1.82) is 0 Å². The molecular weight excluding hydrogens is 248 g/mol. The molecule has 18 heavy (non-hydrogen) atoms. The van der Waals surface area contributed by atoms with Crippen molar-refractivity contribution >= 4 is 17.0 Å². The summed E-state index contributed by atoms with van der Waals surface area (Å²) in [6.07, 6.45) is 3.38. The van der Waals surface area contributed by atoms with Crippen LogP contribution in [-0.4, -0.2) is 25.2 Å². The molecule has 0 bridgehead atoms. The van der Waals surface area contributed by atoms with Gasteiger partial charge in [-0.05, 0) is 34.7 Å². The van der Waals surface area contributed by atoms with Crippen LogP contribution in [0.1, 0.15) is 5.01 Å². The number of hydrogen-bond acceptors (Lipinski definition) is 6. The van der Waals surface area contributed by atoms with E-state index in [0.717, 1.165) is 22.9 Å². The SMILES string of the molecule is c1csc(CNc2ccc(-n3cnnn3)cc2)n1. The Kier molecular flexibility index (Phi) is 2.97. The Bertz CT molecular complexity index is 587. The van der Waals surface area contributed by atoms with Crippen molar-refractivity contribution in [2.24, 2.45) is 0 Å². The zero-order chi connectivity index (χ0) is 12.2. The van der Waals surface area contributed by atoms with Crippen LogP contribution in [0.25, 0.3) is 5.69 Å². The Labute approximate surface area is 107 Å². The maximum absolute atomic E-state index is 4.21. The van der Waals surface area contributed by atoms with Gasteiger partial charge in [-0.2, -0.15) is 0 Å². The molecule has 0 fully saturated rings. The van der Waals surface area contributed by atoms with Gasteiger partial charge in [0, 0.05) is 17.3 Å². The highest BCUT2D eigenvalue weighted by molar-refractivity contribution is 7.09. The normalized spacial score (nSPS) is 10.4. The van der Waals surface area contributed by atoms with Gasteiger partial charge >= 0.3 is 0 Å². The molecule has 0 saturated carbocycles. The molecule has 0 aliphatic heterocycles. The van der Waals surface area contributed by atoms with Crippen LogP contribution < -0.4 is 5.32 Å². The molecule has 3 rings (SSSR count). The molecule has 0 saturated heterocycles. The van der Waals surface area contributed by atoms with E-state index in [1.807, 2.05) is 35.8 Å². The Balaban J connectivity index is 1.68. The molecule has 0 spiro atoms. The first kappa shape index (κ1) is 10.8. The fraction of sp³-hybridized carbons (Fsp3) is 0.0909. The summed E-state index contributed by atoms with van der Waals surface area (Å²) in [6, 6.07) is 7.90. The smallest absolute Gasteiger partial charge is 0.143 e. The minimum atomic E-state index is 0.738. The average Bonchev–Trinajstić information content (AvgIpc) is 3.10. The van der Waals surface area contributed by atoms with Crippen LogP contribution in [-0.2, 0) is 6.54 Å². The van der Waals surface area contributed by atoms with E-state index in [9.17, 15) is 0 Å². The van der Waals surface area contributed by atoms with Gasteiger partial charge in [-0.15, -0.1) is 16.4 Å². The van der Waals surface area contributed by atoms with E-state index in [4.69, 9.17) is 0 Å². The summed E-state index contributed by atoms with van der Waals surface area (Å²) in [7, 11) is 0. The highest BCUT2D eigenvalue weighted by atomic mass is 32.1. The van der Waals surface area contributed by atoms with E-state index in [-0.39, 0.29) is 0 Å². The number of nitrogens with zero attached hydrogens (tertiary/aromatic N) is 5. The highest BCUT2D eigenvalue weighted by Gasteiger charge is 1.99. The summed E-state index contributed by atoms with van der Waals surface area (Å²) in [5.74, 6) is 0. The van der Waals surface area contributed by atoms with E-state index >= 15 is 0 Å². The van der Waals surface area contributed by atoms with Crippen molar-refractivity contribution in [3.63, 3.8) is 0 Å². The monoisotopic (exact) mass is 258 g/mol. The molecule has 0 unspecified atom stereocenters. The standard InChI is InChI=1S/C11H10N6S/c1-3-10(17-8-14-15-16-17)4-2-9(1)13-7-11-12-5-6-18-11/h1-6,8,13H,7H2. The van der Waals surface area contributed by atoms with Gasteiger partial charge in [-0.1, -0.05) is 0 Å². The first-order chi connectivity index (χ1) is 8.92. The summed E-state index contributed by atoms with van der Waals surface area (Å²) in [5, 5.41) is 17.4. The minimum Gasteiger partial charge on any atom is -0.379 e. The van der Waals surface area contributed by atoms with Crippen molar-refractivity contribution in [2.45, 2.75) is 6.54 Å². The second-order valence-corrected chi connectivity index (χ2v) is 4.56. The van der Waals surface area contributed by atoms with Gasteiger partial charge in [-0.3, -0.25) is 0 Å². The van der Waals surface area contributed by atoms with E-state index in [0.29, 0.717) is 0 Å². The Morgan fingerprint density at radius 1 is 1.22 bits per heavy atom. The van der Waals surface area contributed by atoms with Gasteiger partial charge in [0.1, 0.15) is 11.3 Å². The lowest BCUT2D eigenvalue weighted by Crippen LogP contribution is -1.99. The molecule has 0 amide bonds. The lowest BCUT2D eigenvalue weighted by molar-refractivity contribution is 0.789. The summed E-state index contributed by atoms with van der Waals surface area (Å²) < 4.78 is 1.62. The third kappa shape index (κ3) is 2.35. The Morgan fingerprint density at radius 2 is 2.11 bits per heavy atom. The molecule has 2 heterocycles. The fourth-order valence-electron chi connectivity index (χ4n) is 1.53. The maximum atomic E-state index is 4.21. The molecule has 0 aliphatic rings. The lowest BCUT2D eigenvalue weighted by atomic mass is 10.3. The second-order valence-electron chi connectivity index (χ2n) is 3.58.